The summed E-state index contributed by atoms with van der Waals surface area (Å²) in [5.41, 5.74) is 1.24. The molecule has 0 aromatic carbocycles. The van der Waals surface area contributed by atoms with Gasteiger partial charge in [0.15, 0.2) is 0 Å². The van der Waals surface area contributed by atoms with Crippen molar-refractivity contribution < 1.29 is 9.53 Å². The number of halogens is 1. The second-order valence-corrected chi connectivity index (χ2v) is 5.60. The van der Waals surface area contributed by atoms with Gasteiger partial charge in [-0.2, -0.15) is 0 Å². The molecule has 0 unspecified atom stereocenters. The van der Waals surface area contributed by atoms with Crippen LogP contribution in [0.15, 0.2) is 36.7 Å². The zero-order valence-corrected chi connectivity index (χ0v) is 13.3. The van der Waals surface area contributed by atoms with E-state index in [-0.39, 0.29) is 5.91 Å². The quantitative estimate of drug-likeness (QED) is 0.926. The van der Waals surface area contributed by atoms with E-state index in [1.807, 2.05) is 18.2 Å². The maximum Gasteiger partial charge on any atom is 0.253 e. The molecule has 2 aromatic heterocycles. The van der Waals surface area contributed by atoms with Crippen molar-refractivity contribution in [3.05, 3.63) is 52.9 Å². The summed E-state index contributed by atoms with van der Waals surface area (Å²) in [6.45, 7) is 3.44. The summed E-state index contributed by atoms with van der Waals surface area (Å²) >= 11 is 5.84. The van der Waals surface area contributed by atoms with Crippen LogP contribution in [0, 0.1) is 0 Å². The van der Waals surface area contributed by atoms with E-state index in [0.717, 1.165) is 24.6 Å². The molecule has 0 saturated carbocycles. The van der Waals surface area contributed by atoms with Gasteiger partial charge < -0.3 is 15.0 Å². The summed E-state index contributed by atoms with van der Waals surface area (Å²) in [5, 5.41) is 3.26. The number of carbonyl (C=O) groups is 1. The van der Waals surface area contributed by atoms with Crippen LogP contribution in [0.3, 0.4) is 0 Å². The van der Waals surface area contributed by atoms with Crippen LogP contribution in [0.4, 0.5) is 5.82 Å². The lowest BCUT2D eigenvalue weighted by atomic mass is 10.2. The zero-order valence-electron chi connectivity index (χ0n) is 12.5. The van der Waals surface area contributed by atoms with E-state index in [1.165, 1.54) is 12.4 Å². The monoisotopic (exact) mass is 332 g/mol. The Morgan fingerprint density at radius 2 is 2.13 bits per heavy atom. The van der Waals surface area contributed by atoms with Gasteiger partial charge in [0.25, 0.3) is 5.91 Å². The number of nitrogens with zero attached hydrogens (tertiary/aromatic N) is 3. The summed E-state index contributed by atoms with van der Waals surface area (Å²) in [5.74, 6) is 0.683. The number of morpholine rings is 1. The van der Waals surface area contributed by atoms with Gasteiger partial charge in [-0.15, -0.1) is 0 Å². The predicted octanol–water partition coefficient (Wildman–Crippen LogP) is 1.90. The van der Waals surface area contributed by atoms with Crippen LogP contribution in [0.2, 0.25) is 5.02 Å². The fourth-order valence-electron chi connectivity index (χ4n) is 2.34. The van der Waals surface area contributed by atoms with E-state index < -0.39 is 0 Å². The first-order valence-electron chi connectivity index (χ1n) is 7.40. The lowest BCUT2D eigenvalue weighted by Gasteiger charge is -2.28. The lowest BCUT2D eigenvalue weighted by molar-refractivity contribution is 0.0950. The van der Waals surface area contributed by atoms with E-state index in [2.05, 4.69) is 20.2 Å². The van der Waals surface area contributed by atoms with Crippen molar-refractivity contribution in [3.8, 4) is 0 Å². The van der Waals surface area contributed by atoms with Gasteiger partial charge in [-0.3, -0.25) is 9.78 Å². The average Bonchev–Trinajstić information content (AvgIpc) is 2.61. The van der Waals surface area contributed by atoms with E-state index in [1.54, 1.807) is 6.07 Å². The number of ether oxygens (including phenoxy) is 1. The van der Waals surface area contributed by atoms with Crippen LogP contribution in [0.1, 0.15) is 16.1 Å². The molecule has 0 bridgehead atoms. The first-order valence-corrected chi connectivity index (χ1v) is 7.77. The van der Waals surface area contributed by atoms with Crippen LogP contribution < -0.4 is 10.2 Å². The Labute approximate surface area is 139 Å². The molecule has 1 saturated heterocycles. The normalized spacial score (nSPS) is 14.6. The van der Waals surface area contributed by atoms with Crippen LogP contribution in [0.25, 0.3) is 0 Å². The molecule has 6 nitrogen and oxygen atoms in total. The van der Waals surface area contributed by atoms with Gasteiger partial charge in [-0.05, 0) is 18.2 Å². The zero-order chi connectivity index (χ0) is 16.1. The van der Waals surface area contributed by atoms with Crippen molar-refractivity contribution in [2.45, 2.75) is 6.54 Å². The Hall–Kier alpha value is -2.18. The SMILES string of the molecule is O=C(NCc1cccc(N2CCOCC2)n1)c1cncc(Cl)c1. The maximum absolute atomic E-state index is 12.1. The second kappa shape index (κ2) is 7.39. The summed E-state index contributed by atoms with van der Waals surface area (Å²) in [6, 6.07) is 7.39. The van der Waals surface area contributed by atoms with Gasteiger partial charge in [-0.1, -0.05) is 17.7 Å². The molecule has 23 heavy (non-hydrogen) atoms. The number of anilines is 1. The van der Waals surface area contributed by atoms with Gasteiger partial charge in [0.05, 0.1) is 36.0 Å². The van der Waals surface area contributed by atoms with Crippen molar-refractivity contribution in [2.24, 2.45) is 0 Å². The van der Waals surface area contributed by atoms with E-state index >= 15 is 0 Å². The highest BCUT2D eigenvalue weighted by molar-refractivity contribution is 6.30. The molecule has 1 aliphatic heterocycles. The second-order valence-electron chi connectivity index (χ2n) is 5.16. The first-order chi connectivity index (χ1) is 11.2. The molecule has 0 atom stereocenters. The number of hydrogen-bond acceptors (Lipinski definition) is 5. The van der Waals surface area contributed by atoms with Crippen LogP contribution >= 0.6 is 11.6 Å². The molecular formula is C16H17ClN4O2. The van der Waals surface area contributed by atoms with Gasteiger partial charge in [0, 0.05) is 25.5 Å². The molecule has 1 fully saturated rings. The molecule has 3 heterocycles. The van der Waals surface area contributed by atoms with Gasteiger partial charge in [0.2, 0.25) is 0 Å². The highest BCUT2D eigenvalue weighted by Gasteiger charge is 2.13. The maximum atomic E-state index is 12.1. The fraction of sp³-hybridized carbons (Fsp3) is 0.312. The number of aromatic nitrogens is 2. The summed E-state index contributed by atoms with van der Waals surface area (Å²) in [7, 11) is 0. The Balaban J connectivity index is 1.63. The number of pyridine rings is 2. The molecule has 0 spiro atoms. The van der Waals surface area contributed by atoms with Gasteiger partial charge in [0.1, 0.15) is 5.82 Å². The highest BCUT2D eigenvalue weighted by atomic mass is 35.5. The van der Waals surface area contributed by atoms with E-state index in [0.29, 0.717) is 30.3 Å². The standard InChI is InChI=1S/C16H17ClN4O2/c17-13-8-12(9-18-10-13)16(22)19-11-14-2-1-3-15(20-14)21-4-6-23-7-5-21/h1-3,8-10H,4-7,11H2,(H,19,22). The molecule has 3 rings (SSSR count). The third-order valence-corrected chi connectivity index (χ3v) is 3.73. The third kappa shape index (κ3) is 4.18. The topological polar surface area (TPSA) is 67.4 Å². The van der Waals surface area contributed by atoms with Crippen molar-refractivity contribution in [2.75, 3.05) is 31.2 Å². The van der Waals surface area contributed by atoms with Gasteiger partial charge >= 0.3 is 0 Å². The van der Waals surface area contributed by atoms with Crippen molar-refractivity contribution in [3.63, 3.8) is 0 Å². The van der Waals surface area contributed by atoms with E-state index in [9.17, 15) is 4.79 Å². The van der Waals surface area contributed by atoms with Crippen LogP contribution in [0.5, 0.6) is 0 Å². The number of amides is 1. The fourth-order valence-corrected chi connectivity index (χ4v) is 2.52. The lowest BCUT2D eigenvalue weighted by Crippen LogP contribution is -2.37. The minimum atomic E-state index is -0.224. The molecule has 2 aromatic rings. The molecular weight excluding hydrogens is 316 g/mol. The molecule has 1 N–H and O–H groups in total. The largest absolute Gasteiger partial charge is 0.378 e. The van der Waals surface area contributed by atoms with Crippen molar-refractivity contribution >= 4 is 23.3 Å². The first kappa shape index (κ1) is 15.7. The van der Waals surface area contributed by atoms with Crippen LogP contribution in [-0.2, 0) is 11.3 Å². The Kier molecular flexibility index (Phi) is 5.05. The Morgan fingerprint density at radius 3 is 2.91 bits per heavy atom. The molecule has 120 valence electrons. The van der Waals surface area contributed by atoms with E-state index in [4.69, 9.17) is 16.3 Å². The molecule has 7 heteroatoms. The minimum absolute atomic E-state index is 0.224. The van der Waals surface area contributed by atoms with Crippen molar-refractivity contribution in [1.82, 2.24) is 15.3 Å². The number of nitrogens with one attached hydrogen (secondary N) is 1. The highest BCUT2D eigenvalue weighted by Crippen LogP contribution is 2.13. The predicted molar refractivity (Wildman–Crippen MR) is 87.7 cm³/mol. The average molecular weight is 333 g/mol. The molecule has 1 amide bonds. The molecule has 1 aliphatic rings. The molecule has 0 radical (unpaired) electrons. The number of hydrogen-bond donors (Lipinski definition) is 1. The summed E-state index contributed by atoms with van der Waals surface area (Å²) < 4.78 is 5.35. The van der Waals surface area contributed by atoms with Gasteiger partial charge in [-0.25, -0.2) is 4.98 Å². The molecule has 0 aliphatic carbocycles. The third-order valence-electron chi connectivity index (χ3n) is 3.52. The summed E-state index contributed by atoms with van der Waals surface area (Å²) in [4.78, 5) is 22.8. The van der Waals surface area contributed by atoms with Crippen LogP contribution in [-0.4, -0.2) is 42.2 Å². The Bertz CT molecular complexity index is 689. The van der Waals surface area contributed by atoms with Crippen molar-refractivity contribution in [1.29, 1.82) is 0 Å². The smallest absolute Gasteiger partial charge is 0.253 e. The Morgan fingerprint density at radius 1 is 1.30 bits per heavy atom. The number of carbonyl (C=O) groups excluding carboxylic acids is 1. The summed E-state index contributed by atoms with van der Waals surface area (Å²) in [6.07, 6.45) is 2.98. The minimum Gasteiger partial charge on any atom is -0.378 e. The number of rotatable bonds is 4.